The normalized spacial score (nSPS) is 18.4. The molecule has 9 nitrogen and oxygen atoms in total. The Kier molecular flexibility index (Phi) is 58.2. The first kappa shape index (κ1) is 76.2. The maximum absolute atomic E-state index is 13.2. The van der Waals surface area contributed by atoms with Crippen molar-refractivity contribution in [2.24, 2.45) is 0 Å². The summed E-state index contributed by atoms with van der Waals surface area (Å²) in [6, 6.07) is -0.715. The number of nitrogens with one attached hydrogen (secondary N) is 1. The van der Waals surface area contributed by atoms with Crippen LogP contribution in [-0.4, -0.2) is 87.5 Å². The molecule has 1 aliphatic rings. The van der Waals surface area contributed by atoms with Crippen LogP contribution in [0.3, 0.4) is 0 Å². The third-order valence-electron chi connectivity index (χ3n) is 17.7. The standard InChI is InChI=1S/C70H139NO8/c1-3-5-7-9-11-13-15-17-19-21-23-25-27-29-30-31-32-33-34-36-38-40-42-44-46-48-50-52-54-56-58-60-66(74)71-63(62-78-70-69(77)68(76)67(75)65(61-72)79-70)64(73)59-57-55-53-51-49-47-45-43-41-39-37-35-28-26-24-22-20-18-16-14-12-10-8-6-4-2/h63-65,67-70,72-73,75-77H,3-62H2,1-2H3,(H,71,74). The number of hydrogen-bond donors (Lipinski definition) is 6. The van der Waals surface area contributed by atoms with E-state index in [2.05, 4.69) is 19.2 Å². The van der Waals surface area contributed by atoms with E-state index in [0.29, 0.717) is 12.8 Å². The summed E-state index contributed by atoms with van der Waals surface area (Å²) in [7, 11) is 0. The number of unbranched alkanes of at least 4 members (excludes halogenated alkanes) is 54. The zero-order chi connectivity index (χ0) is 57.2. The Morgan fingerprint density at radius 1 is 0.380 bits per heavy atom. The highest BCUT2D eigenvalue weighted by Crippen LogP contribution is 2.24. The lowest BCUT2D eigenvalue weighted by molar-refractivity contribution is -0.302. The quantitative estimate of drug-likeness (QED) is 0.0330. The van der Waals surface area contributed by atoms with Crippen molar-refractivity contribution in [3.05, 3.63) is 0 Å². The molecule has 9 heteroatoms. The molecule has 79 heavy (non-hydrogen) atoms. The molecular formula is C70H139NO8. The summed E-state index contributed by atoms with van der Waals surface area (Å²) < 4.78 is 11.4. The highest BCUT2D eigenvalue weighted by Gasteiger charge is 2.44. The van der Waals surface area contributed by atoms with E-state index in [1.165, 1.54) is 321 Å². The molecule has 7 unspecified atom stereocenters. The average Bonchev–Trinajstić information content (AvgIpc) is 3.47. The molecule has 1 heterocycles. The van der Waals surface area contributed by atoms with Gasteiger partial charge in [0, 0.05) is 6.42 Å². The Hall–Kier alpha value is -0.810. The van der Waals surface area contributed by atoms with Crippen molar-refractivity contribution < 1.29 is 39.8 Å². The van der Waals surface area contributed by atoms with Crippen LogP contribution in [0.4, 0.5) is 0 Å². The van der Waals surface area contributed by atoms with Gasteiger partial charge in [0.25, 0.3) is 0 Å². The van der Waals surface area contributed by atoms with Gasteiger partial charge in [-0.2, -0.15) is 0 Å². The minimum atomic E-state index is -1.55. The molecule has 6 N–H and O–H groups in total. The summed E-state index contributed by atoms with van der Waals surface area (Å²) in [6.45, 7) is 3.91. The van der Waals surface area contributed by atoms with Crippen molar-refractivity contribution in [1.82, 2.24) is 5.32 Å². The second-order valence-corrected chi connectivity index (χ2v) is 25.4. The van der Waals surface area contributed by atoms with E-state index in [-0.39, 0.29) is 12.5 Å². The molecule has 0 aromatic carbocycles. The molecule has 1 amide bonds. The van der Waals surface area contributed by atoms with Gasteiger partial charge in [-0.05, 0) is 12.8 Å². The monoisotopic (exact) mass is 1120 g/mol. The molecule has 472 valence electrons. The number of ether oxygens (including phenoxy) is 2. The first-order valence-electron chi connectivity index (χ1n) is 35.7. The molecule has 1 saturated heterocycles. The van der Waals surface area contributed by atoms with Gasteiger partial charge in [0.2, 0.25) is 5.91 Å². The fourth-order valence-corrected chi connectivity index (χ4v) is 12.1. The van der Waals surface area contributed by atoms with Crippen molar-refractivity contribution in [2.45, 2.75) is 429 Å². The number of hydrogen-bond acceptors (Lipinski definition) is 8. The maximum atomic E-state index is 13.2. The molecule has 0 radical (unpaired) electrons. The van der Waals surface area contributed by atoms with Gasteiger partial charge >= 0.3 is 0 Å². The van der Waals surface area contributed by atoms with E-state index in [4.69, 9.17) is 9.47 Å². The number of aliphatic hydroxyl groups is 5. The van der Waals surface area contributed by atoms with Crippen LogP contribution in [-0.2, 0) is 14.3 Å². The summed E-state index contributed by atoms with van der Waals surface area (Å²) in [5, 5.41) is 55.0. The van der Waals surface area contributed by atoms with Gasteiger partial charge in [0.15, 0.2) is 6.29 Å². The van der Waals surface area contributed by atoms with Crippen molar-refractivity contribution in [3.63, 3.8) is 0 Å². The lowest BCUT2D eigenvalue weighted by Crippen LogP contribution is -2.60. The lowest BCUT2D eigenvalue weighted by atomic mass is 9.99. The van der Waals surface area contributed by atoms with E-state index in [1.54, 1.807) is 0 Å². The van der Waals surface area contributed by atoms with Crippen LogP contribution in [0, 0.1) is 0 Å². The zero-order valence-electron chi connectivity index (χ0n) is 52.9. The number of aliphatic hydroxyl groups excluding tert-OH is 5. The first-order chi connectivity index (χ1) is 38.8. The molecule has 0 aromatic rings. The number of amides is 1. The van der Waals surface area contributed by atoms with Crippen LogP contribution in [0.15, 0.2) is 0 Å². The summed E-state index contributed by atoms with van der Waals surface area (Å²) >= 11 is 0. The van der Waals surface area contributed by atoms with Gasteiger partial charge in [-0.3, -0.25) is 4.79 Å². The van der Waals surface area contributed by atoms with Gasteiger partial charge in [0.1, 0.15) is 24.4 Å². The Balaban J connectivity index is 2.08. The second kappa shape index (κ2) is 60.3. The Morgan fingerprint density at radius 3 is 0.899 bits per heavy atom. The average molecular weight is 1120 g/mol. The second-order valence-electron chi connectivity index (χ2n) is 25.4. The van der Waals surface area contributed by atoms with Gasteiger partial charge < -0.3 is 40.3 Å². The van der Waals surface area contributed by atoms with Crippen molar-refractivity contribution >= 4 is 5.91 Å². The fraction of sp³-hybridized carbons (Fsp3) is 0.986. The maximum Gasteiger partial charge on any atom is 0.220 e. The van der Waals surface area contributed by atoms with E-state index < -0.39 is 49.5 Å². The molecule has 1 aliphatic heterocycles. The minimum absolute atomic E-state index is 0.130. The third-order valence-corrected chi connectivity index (χ3v) is 17.7. The predicted octanol–water partition coefficient (Wildman–Crippen LogP) is 19.3. The smallest absolute Gasteiger partial charge is 0.220 e. The lowest BCUT2D eigenvalue weighted by Gasteiger charge is -2.40. The molecule has 0 bridgehead atoms. The molecule has 7 atom stereocenters. The van der Waals surface area contributed by atoms with E-state index in [0.717, 1.165) is 38.5 Å². The highest BCUT2D eigenvalue weighted by molar-refractivity contribution is 5.76. The highest BCUT2D eigenvalue weighted by atomic mass is 16.7. The zero-order valence-corrected chi connectivity index (χ0v) is 52.9. The Morgan fingerprint density at radius 2 is 0.633 bits per heavy atom. The van der Waals surface area contributed by atoms with E-state index in [1.807, 2.05) is 0 Å². The van der Waals surface area contributed by atoms with Crippen LogP contribution >= 0.6 is 0 Å². The first-order valence-corrected chi connectivity index (χ1v) is 35.7. The number of carbonyl (C=O) groups excluding carboxylic acids is 1. The molecule has 1 fully saturated rings. The van der Waals surface area contributed by atoms with Crippen LogP contribution < -0.4 is 5.32 Å². The number of carbonyl (C=O) groups is 1. The molecule has 0 aromatic heterocycles. The van der Waals surface area contributed by atoms with Crippen LogP contribution in [0.1, 0.15) is 386 Å². The molecule has 0 spiro atoms. The van der Waals surface area contributed by atoms with Crippen molar-refractivity contribution in [3.8, 4) is 0 Å². The van der Waals surface area contributed by atoms with Crippen LogP contribution in [0.5, 0.6) is 0 Å². The topological polar surface area (TPSA) is 149 Å². The Bertz CT molecular complexity index is 1210. The van der Waals surface area contributed by atoms with Crippen LogP contribution in [0.2, 0.25) is 0 Å². The summed E-state index contributed by atoms with van der Waals surface area (Å²) in [6.07, 6.45) is 69.0. The van der Waals surface area contributed by atoms with Gasteiger partial charge in [0.05, 0.1) is 25.4 Å². The summed E-state index contributed by atoms with van der Waals surface area (Å²) in [4.78, 5) is 13.2. The van der Waals surface area contributed by atoms with E-state index >= 15 is 0 Å². The molecule has 0 aliphatic carbocycles. The Labute approximate surface area is 491 Å². The van der Waals surface area contributed by atoms with Crippen molar-refractivity contribution in [1.29, 1.82) is 0 Å². The molecular weight excluding hydrogens is 983 g/mol. The summed E-state index contributed by atoms with van der Waals surface area (Å²) in [5.41, 5.74) is 0. The van der Waals surface area contributed by atoms with Crippen LogP contribution in [0.25, 0.3) is 0 Å². The molecule has 1 rings (SSSR count). The SMILES string of the molecule is CCCCCCCCCCCCCCCCCCCCCCCCCCCCCCCCCC(=O)NC(COC1OC(CO)C(O)C(O)C1O)C(O)CCCCCCCCCCCCCCCCCCCCCCCCCCC. The summed E-state index contributed by atoms with van der Waals surface area (Å²) in [5.74, 6) is -0.133. The largest absolute Gasteiger partial charge is 0.394 e. The number of rotatable bonds is 64. The van der Waals surface area contributed by atoms with Gasteiger partial charge in [-0.15, -0.1) is 0 Å². The van der Waals surface area contributed by atoms with Gasteiger partial charge in [-0.1, -0.05) is 367 Å². The predicted molar refractivity (Wildman–Crippen MR) is 337 cm³/mol. The third kappa shape index (κ3) is 49.2. The molecule has 0 saturated carbocycles. The minimum Gasteiger partial charge on any atom is -0.394 e. The van der Waals surface area contributed by atoms with Gasteiger partial charge in [-0.25, -0.2) is 0 Å². The van der Waals surface area contributed by atoms with Crippen molar-refractivity contribution in [2.75, 3.05) is 13.2 Å². The van der Waals surface area contributed by atoms with E-state index in [9.17, 15) is 30.3 Å². The fourth-order valence-electron chi connectivity index (χ4n) is 12.1.